The summed E-state index contributed by atoms with van der Waals surface area (Å²) in [7, 11) is 0. The van der Waals surface area contributed by atoms with Gasteiger partial charge >= 0.3 is 0 Å². The van der Waals surface area contributed by atoms with Crippen molar-refractivity contribution < 1.29 is 4.42 Å². The highest BCUT2D eigenvalue weighted by Gasteiger charge is 2.10. The highest BCUT2D eigenvalue weighted by Crippen LogP contribution is 2.25. The van der Waals surface area contributed by atoms with Gasteiger partial charge in [-0.1, -0.05) is 30.0 Å². The third-order valence-corrected chi connectivity index (χ3v) is 3.70. The van der Waals surface area contributed by atoms with Gasteiger partial charge < -0.3 is 4.42 Å². The van der Waals surface area contributed by atoms with Crippen LogP contribution in [0.15, 0.2) is 58.1 Å². The molecule has 0 radical (unpaired) electrons. The molecule has 0 atom stereocenters. The minimum Gasteiger partial charge on any atom is -0.420 e. The molecule has 0 aliphatic heterocycles. The number of thioether (sulfide) groups is 1. The molecule has 6 heteroatoms. The molecule has 0 fully saturated rings. The number of nitriles is 1. The van der Waals surface area contributed by atoms with Gasteiger partial charge in [0, 0.05) is 11.8 Å². The summed E-state index contributed by atoms with van der Waals surface area (Å²) in [6, 6.07) is 15.2. The fraction of sp³-hybridized carbons (Fsp3) is 0.0667. The second-order valence-electron chi connectivity index (χ2n) is 4.12. The Hall–Kier alpha value is -2.65. The lowest BCUT2D eigenvalue weighted by molar-refractivity contribution is 0.528. The van der Waals surface area contributed by atoms with Crippen molar-refractivity contribution in [3.63, 3.8) is 0 Å². The Labute approximate surface area is 125 Å². The monoisotopic (exact) mass is 294 g/mol. The Bertz CT molecular complexity index is 780. The van der Waals surface area contributed by atoms with E-state index in [9.17, 15) is 0 Å². The number of benzene rings is 1. The molecule has 0 unspecified atom stereocenters. The molecular weight excluding hydrogens is 284 g/mol. The van der Waals surface area contributed by atoms with Crippen LogP contribution in [0.1, 0.15) is 11.5 Å². The fourth-order valence-corrected chi connectivity index (χ4v) is 2.51. The van der Waals surface area contributed by atoms with Crippen LogP contribution in [0.2, 0.25) is 0 Å². The third kappa shape index (κ3) is 3.09. The number of hydrogen-bond donors (Lipinski definition) is 0. The molecule has 0 aliphatic carbocycles. The molecule has 3 rings (SSSR count). The van der Waals surface area contributed by atoms with Gasteiger partial charge in [0.2, 0.25) is 11.8 Å². The molecule has 0 bridgehead atoms. The topological polar surface area (TPSA) is 75.6 Å². The van der Waals surface area contributed by atoms with Gasteiger partial charge in [-0.25, -0.2) is 4.98 Å². The molecular formula is C15H10N4OS. The molecule has 0 saturated carbocycles. The lowest BCUT2D eigenvalue weighted by Gasteiger charge is -1.99. The van der Waals surface area contributed by atoms with Crippen LogP contribution in [-0.2, 0) is 5.75 Å². The normalized spacial score (nSPS) is 10.2. The molecule has 0 spiro atoms. The second-order valence-corrected chi connectivity index (χ2v) is 5.09. The zero-order valence-electron chi connectivity index (χ0n) is 10.9. The summed E-state index contributed by atoms with van der Waals surface area (Å²) in [6.07, 6.45) is 1.66. The van der Waals surface area contributed by atoms with Crippen molar-refractivity contribution in [2.45, 2.75) is 10.8 Å². The molecule has 102 valence electrons. The van der Waals surface area contributed by atoms with E-state index in [0.29, 0.717) is 28.1 Å². The number of rotatable bonds is 4. The summed E-state index contributed by atoms with van der Waals surface area (Å²) in [5, 5.41) is 17.7. The molecule has 1 aromatic carbocycles. The van der Waals surface area contributed by atoms with E-state index < -0.39 is 0 Å². The van der Waals surface area contributed by atoms with Crippen LogP contribution >= 0.6 is 11.8 Å². The van der Waals surface area contributed by atoms with Crippen LogP contribution in [0.25, 0.3) is 11.5 Å². The smallest absolute Gasteiger partial charge is 0.247 e. The molecule has 0 N–H and O–H groups in total. The Morgan fingerprint density at radius 3 is 2.76 bits per heavy atom. The summed E-state index contributed by atoms with van der Waals surface area (Å²) >= 11 is 1.40. The maximum absolute atomic E-state index is 9.01. The standard InChI is InChI=1S/C15H10N4OS/c16-9-12-7-4-8-17-15(12)21-10-13-18-19-14(20-13)11-5-2-1-3-6-11/h1-8H,10H2. The highest BCUT2D eigenvalue weighted by atomic mass is 32.2. The average molecular weight is 294 g/mol. The molecule has 0 aliphatic rings. The minimum absolute atomic E-state index is 0.478. The van der Waals surface area contributed by atoms with Crippen molar-refractivity contribution >= 4 is 11.8 Å². The fourth-order valence-electron chi connectivity index (χ4n) is 1.73. The lowest BCUT2D eigenvalue weighted by Crippen LogP contribution is -1.87. The van der Waals surface area contributed by atoms with Crippen molar-refractivity contribution in [1.82, 2.24) is 15.2 Å². The lowest BCUT2D eigenvalue weighted by atomic mass is 10.2. The molecule has 21 heavy (non-hydrogen) atoms. The molecule has 2 heterocycles. The number of pyridine rings is 1. The van der Waals surface area contributed by atoms with E-state index in [1.165, 1.54) is 11.8 Å². The highest BCUT2D eigenvalue weighted by molar-refractivity contribution is 7.98. The average Bonchev–Trinajstić information content (AvgIpc) is 3.03. The predicted octanol–water partition coefficient (Wildman–Crippen LogP) is 3.30. The first kappa shape index (κ1) is 13.3. The van der Waals surface area contributed by atoms with E-state index in [1.54, 1.807) is 18.3 Å². The van der Waals surface area contributed by atoms with E-state index in [2.05, 4.69) is 21.3 Å². The summed E-state index contributed by atoms with van der Waals surface area (Å²) in [5.74, 6) is 1.48. The third-order valence-electron chi connectivity index (χ3n) is 2.71. The second kappa shape index (κ2) is 6.20. The van der Waals surface area contributed by atoms with Crippen molar-refractivity contribution in [2.75, 3.05) is 0 Å². The van der Waals surface area contributed by atoms with Crippen LogP contribution in [0.4, 0.5) is 0 Å². The van der Waals surface area contributed by atoms with Crippen molar-refractivity contribution in [2.24, 2.45) is 0 Å². The van der Waals surface area contributed by atoms with Gasteiger partial charge in [0.05, 0.1) is 11.3 Å². The van der Waals surface area contributed by atoms with Crippen LogP contribution < -0.4 is 0 Å². The van der Waals surface area contributed by atoms with E-state index in [-0.39, 0.29) is 0 Å². The quantitative estimate of drug-likeness (QED) is 0.687. The Kier molecular flexibility index (Phi) is 3.94. The first-order valence-corrected chi connectivity index (χ1v) is 7.21. The maximum atomic E-state index is 9.01. The first-order valence-electron chi connectivity index (χ1n) is 6.22. The summed E-state index contributed by atoms with van der Waals surface area (Å²) < 4.78 is 5.61. The van der Waals surface area contributed by atoms with Crippen molar-refractivity contribution in [1.29, 1.82) is 5.26 Å². The van der Waals surface area contributed by atoms with Crippen LogP contribution in [0.3, 0.4) is 0 Å². The van der Waals surface area contributed by atoms with Crippen LogP contribution in [0, 0.1) is 11.3 Å². The minimum atomic E-state index is 0.478. The summed E-state index contributed by atoms with van der Waals surface area (Å²) in [5.41, 5.74) is 1.43. The zero-order valence-corrected chi connectivity index (χ0v) is 11.7. The molecule has 0 amide bonds. The molecule has 5 nitrogen and oxygen atoms in total. The van der Waals surface area contributed by atoms with E-state index >= 15 is 0 Å². The van der Waals surface area contributed by atoms with Gasteiger partial charge in [-0.2, -0.15) is 5.26 Å². The summed E-state index contributed by atoms with van der Waals surface area (Å²) in [6.45, 7) is 0. The van der Waals surface area contributed by atoms with E-state index in [0.717, 1.165) is 5.56 Å². The van der Waals surface area contributed by atoms with Gasteiger partial charge in [-0.3, -0.25) is 0 Å². The Balaban J connectivity index is 1.72. The summed E-state index contributed by atoms with van der Waals surface area (Å²) in [4.78, 5) is 4.18. The SMILES string of the molecule is N#Cc1cccnc1SCc1nnc(-c2ccccc2)o1. The van der Waals surface area contributed by atoms with Gasteiger partial charge in [-0.05, 0) is 24.3 Å². The van der Waals surface area contributed by atoms with Crippen molar-refractivity contribution in [3.8, 4) is 17.5 Å². The molecule has 3 aromatic rings. The molecule has 2 aromatic heterocycles. The predicted molar refractivity (Wildman–Crippen MR) is 78.2 cm³/mol. The van der Waals surface area contributed by atoms with Gasteiger partial charge in [-0.15, -0.1) is 10.2 Å². The maximum Gasteiger partial charge on any atom is 0.247 e. The van der Waals surface area contributed by atoms with Gasteiger partial charge in [0.15, 0.2) is 0 Å². The van der Waals surface area contributed by atoms with Crippen molar-refractivity contribution in [3.05, 3.63) is 60.1 Å². The number of aromatic nitrogens is 3. The largest absolute Gasteiger partial charge is 0.420 e. The first-order chi connectivity index (χ1) is 10.4. The number of nitrogens with zero attached hydrogens (tertiary/aromatic N) is 4. The number of hydrogen-bond acceptors (Lipinski definition) is 6. The molecule has 0 saturated heterocycles. The Morgan fingerprint density at radius 2 is 1.95 bits per heavy atom. The van der Waals surface area contributed by atoms with E-state index in [1.807, 2.05) is 30.3 Å². The Morgan fingerprint density at radius 1 is 1.10 bits per heavy atom. The van der Waals surface area contributed by atoms with Gasteiger partial charge in [0.1, 0.15) is 11.1 Å². The van der Waals surface area contributed by atoms with E-state index in [4.69, 9.17) is 9.68 Å². The zero-order chi connectivity index (χ0) is 14.5. The van der Waals surface area contributed by atoms with Gasteiger partial charge in [0.25, 0.3) is 0 Å². The van der Waals surface area contributed by atoms with Crippen LogP contribution in [-0.4, -0.2) is 15.2 Å². The van der Waals surface area contributed by atoms with Crippen LogP contribution in [0.5, 0.6) is 0 Å².